The smallest absolute Gasteiger partial charge is 0.279 e. The molecule has 4 heterocycles. The second kappa shape index (κ2) is 9.09. The van der Waals surface area contributed by atoms with Gasteiger partial charge in [0, 0.05) is 43.5 Å². The molecule has 12 heteroatoms. The van der Waals surface area contributed by atoms with Gasteiger partial charge in [-0.3, -0.25) is 0 Å². The third-order valence-corrected chi connectivity index (χ3v) is 10.3. The quantitative estimate of drug-likeness (QED) is 0.322. The molecule has 0 spiro atoms. The molecule has 0 radical (unpaired) electrons. The third-order valence-electron chi connectivity index (χ3n) is 7.54. The lowest BCUT2D eigenvalue weighted by Crippen LogP contribution is -2.41. The Balaban J connectivity index is 1.24. The summed E-state index contributed by atoms with van der Waals surface area (Å²) in [4.78, 5) is 13.7. The van der Waals surface area contributed by atoms with Crippen LogP contribution < -0.4 is 10.0 Å². The molecule has 2 aliphatic carbocycles. The second-order valence-corrected chi connectivity index (χ2v) is 12.6. The first-order chi connectivity index (χ1) is 16.9. The van der Waals surface area contributed by atoms with Crippen LogP contribution in [0.5, 0.6) is 0 Å². The molecule has 1 aliphatic heterocycles. The zero-order valence-electron chi connectivity index (χ0n) is 19.3. The lowest BCUT2D eigenvalue weighted by Gasteiger charge is -2.21. The van der Waals surface area contributed by atoms with E-state index >= 15 is 0 Å². The minimum absolute atomic E-state index is 0.0348. The molecule has 188 valence electrons. The molecule has 5 N–H and O–H groups in total. The van der Waals surface area contributed by atoms with Crippen LogP contribution in [0, 0.1) is 11.8 Å². The first kappa shape index (κ1) is 23.3. The lowest BCUT2D eigenvalue weighted by molar-refractivity contribution is 0.160. The highest BCUT2D eigenvalue weighted by Crippen LogP contribution is 2.44. The third kappa shape index (κ3) is 4.25. The molecule has 2 unspecified atom stereocenters. The fraction of sp³-hybridized carbons (Fsp3) is 0.565. The van der Waals surface area contributed by atoms with Crippen molar-refractivity contribution in [2.24, 2.45) is 11.8 Å². The topological polar surface area (TPSA) is 143 Å². The number of hydrogen-bond donors (Lipinski definition) is 5. The Bertz CT molecular complexity index is 1320. The van der Waals surface area contributed by atoms with Gasteiger partial charge in [-0.2, -0.15) is 17.4 Å². The fourth-order valence-electron chi connectivity index (χ4n) is 5.88. The van der Waals surface area contributed by atoms with E-state index in [1.54, 1.807) is 11.3 Å². The predicted molar refractivity (Wildman–Crippen MR) is 134 cm³/mol. The van der Waals surface area contributed by atoms with E-state index in [1.807, 2.05) is 18.5 Å². The summed E-state index contributed by atoms with van der Waals surface area (Å²) in [6, 6.07) is 2.24. The van der Waals surface area contributed by atoms with Crippen molar-refractivity contribution in [2.75, 3.05) is 31.6 Å². The maximum absolute atomic E-state index is 12.5. The van der Waals surface area contributed by atoms with Gasteiger partial charge >= 0.3 is 0 Å². The van der Waals surface area contributed by atoms with Crippen LogP contribution in [0.2, 0.25) is 0 Å². The number of hydrogen-bond acceptors (Lipinski definition) is 8. The van der Waals surface area contributed by atoms with E-state index in [-0.39, 0.29) is 19.2 Å². The predicted octanol–water partition coefficient (Wildman–Crippen LogP) is 2.01. The van der Waals surface area contributed by atoms with Crippen LogP contribution in [0.1, 0.15) is 42.4 Å². The monoisotopic (exact) mass is 518 g/mol. The van der Waals surface area contributed by atoms with Gasteiger partial charge in [0.25, 0.3) is 10.2 Å². The normalized spacial score (nSPS) is 26.8. The van der Waals surface area contributed by atoms with Crippen LogP contribution in [0.4, 0.5) is 5.69 Å². The Morgan fingerprint density at radius 1 is 1.26 bits per heavy atom. The summed E-state index contributed by atoms with van der Waals surface area (Å²) in [7, 11) is -3.55. The van der Waals surface area contributed by atoms with E-state index in [2.05, 4.69) is 20.0 Å². The number of aromatic amines is 1. The molecule has 3 aliphatic rings. The number of pyridine rings is 1. The molecule has 0 amide bonds. The van der Waals surface area contributed by atoms with Gasteiger partial charge in [0.05, 0.1) is 34.5 Å². The number of nitrogens with one attached hydrogen (secondary N) is 3. The Morgan fingerprint density at radius 2 is 2.06 bits per heavy atom. The zero-order valence-corrected chi connectivity index (χ0v) is 20.9. The zero-order chi connectivity index (χ0) is 24.2. The van der Waals surface area contributed by atoms with Gasteiger partial charge in [-0.05, 0) is 50.0 Å². The largest absolute Gasteiger partial charge is 0.395 e. The van der Waals surface area contributed by atoms with Gasteiger partial charge in [-0.25, -0.2) is 9.97 Å². The average Bonchev–Trinajstić information content (AvgIpc) is 3.60. The van der Waals surface area contributed by atoms with Crippen molar-refractivity contribution in [3.8, 4) is 10.6 Å². The van der Waals surface area contributed by atoms with E-state index in [9.17, 15) is 13.5 Å². The summed E-state index contributed by atoms with van der Waals surface area (Å²) in [5.74, 6) is 0.597. The molecule has 4 atom stereocenters. The maximum atomic E-state index is 12.5. The van der Waals surface area contributed by atoms with Gasteiger partial charge in [0.1, 0.15) is 10.7 Å². The molecule has 35 heavy (non-hydrogen) atoms. The molecule has 1 saturated carbocycles. The number of aromatic nitrogens is 3. The number of rotatable bonds is 7. The summed E-state index contributed by atoms with van der Waals surface area (Å²) in [6.07, 6.45) is 7.69. The van der Waals surface area contributed by atoms with E-state index in [4.69, 9.17) is 10.1 Å². The van der Waals surface area contributed by atoms with Gasteiger partial charge in [-0.1, -0.05) is 0 Å². The Labute approximate surface area is 208 Å². The summed E-state index contributed by atoms with van der Waals surface area (Å²) >= 11 is 1.56. The Kier molecular flexibility index (Phi) is 6.06. The number of fused-ring (bicyclic) bond motifs is 3. The highest BCUT2D eigenvalue weighted by molar-refractivity contribution is 7.87. The summed E-state index contributed by atoms with van der Waals surface area (Å²) in [5, 5.41) is 25.1. The molecule has 10 nitrogen and oxygen atoms in total. The molecule has 0 bridgehead atoms. The van der Waals surface area contributed by atoms with Crippen molar-refractivity contribution in [3.05, 3.63) is 29.0 Å². The number of aliphatic hydroxyl groups excluding tert-OH is 2. The second-order valence-electron chi connectivity index (χ2n) is 9.80. The summed E-state index contributed by atoms with van der Waals surface area (Å²) in [6.45, 7) is 0.828. The molecule has 2 fully saturated rings. The molecule has 1 saturated heterocycles. The van der Waals surface area contributed by atoms with Crippen molar-refractivity contribution < 1.29 is 18.6 Å². The molecule has 3 aromatic rings. The number of thiazole rings is 1. The highest BCUT2D eigenvalue weighted by Gasteiger charge is 2.44. The number of H-pyrrole nitrogens is 1. The minimum Gasteiger partial charge on any atom is -0.395 e. The van der Waals surface area contributed by atoms with E-state index in [1.165, 1.54) is 4.31 Å². The van der Waals surface area contributed by atoms with Crippen LogP contribution in [0.25, 0.3) is 21.6 Å². The van der Waals surface area contributed by atoms with Crippen molar-refractivity contribution in [1.82, 2.24) is 24.0 Å². The number of aliphatic hydroxyl groups is 2. The van der Waals surface area contributed by atoms with Crippen LogP contribution >= 0.6 is 11.3 Å². The van der Waals surface area contributed by atoms with Gasteiger partial charge in [0.15, 0.2) is 0 Å². The van der Waals surface area contributed by atoms with Crippen molar-refractivity contribution in [3.63, 3.8) is 0 Å². The Hall–Kier alpha value is -2.09. The van der Waals surface area contributed by atoms with E-state index in [0.717, 1.165) is 70.0 Å². The van der Waals surface area contributed by atoms with Crippen LogP contribution in [0.3, 0.4) is 0 Å². The van der Waals surface area contributed by atoms with Gasteiger partial charge in [-0.15, -0.1) is 11.3 Å². The molecule has 0 aromatic carbocycles. The van der Waals surface area contributed by atoms with Crippen molar-refractivity contribution >= 4 is 38.3 Å². The van der Waals surface area contributed by atoms with Crippen molar-refractivity contribution in [1.29, 1.82) is 0 Å². The van der Waals surface area contributed by atoms with Crippen LogP contribution in [0.15, 0.2) is 18.5 Å². The van der Waals surface area contributed by atoms with Gasteiger partial charge in [0.2, 0.25) is 0 Å². The molecular formula is C23H30N6O4S2. The van der Waals surface area contributed by atoms with Crippen LogP contribution in [-0.4, -0.2) is 70.2 Å². The lowest BCUT2D eigenvalue weighted by atomic mass is 10.0. The first-order valence-corrected chi connectivity index (χ1v) is 14.4. The first-order valence-electron chi connectivity index (χ1n) is 12.2. The average molecular weight is 519 g/mol. The Morgan fingerprint density at radius 3 is 2.80 bits per heavy atom. The minimum atomic E-state index is -3.55. The van der Waals surface area contributed by atoms with E-state index < -0.39 is 16.3 Å². The number of nitrogens with zero attached hydrogens (tertiary/aromatic N) is 3. The van der Waals surface area contributed by atoms with Crippen molar-refractivity contribution in [2.45, 2.75) is 44.2 Å². The molecular weight excluding hydrogens is 488 g/mol. The molecule has 6 rings (SSSR count). The molecule has 3 aromatic heterocycles. The SMILES string of the molecule is O=S(=O)(NCCO)N1C[C@H]2CC(Nc3c(-c4nc5c(s4)C(O)CCC5)cnc4[nH]ccc34)C[C@H]2C1. The highest BCUT2D eigenvalue weighted by atomic mass is 32.2. The summed E-state index contributed by atoms with van der Waals surface area (Å²) in [5.41, 5.74) is 3.74. The standard InChI is InChI=1S/C23H30N6O4S2/c30-7-6-26-35(32,33)29-11-13-8-15(9-14(13)12-29)27-20-16-4-5-24-22(16)25-10-17(20)23-28-18-2-1-3-19(31)21(18)34-23/h4-5,10,13-15,19,26,30-31H,1-3,6-9,11-12H2,(H2,24,25,27)/t13-,14+,15?,19?. The van der Waals surface area contributed by atoms with E-state index in [0.29, 0.717) is 24.9 Å². The maximum Gasteiger partial charge on any atom is 0.279 e. The fourth-order valence-corrected chi connectivity index (χ4v) is 8.33. The number of aryl methyl sites for hydroxylation is 1. The van der Waals surface area contributed by atoms with Crippen LogP contribution in [-0.2, 0) is 16.6 Å². The summed E-state index contributed by atoms with van der Waals surface area (Å²) < 4.78 is 28.9. The number of anilines is 1. The van der Waals surface area contributed by atoms with Gasteiger partial charge < -0.3 is 20.5 Å².